The summed E-state index contributed by atoms with van der Waals surface area (Å²) in [5, 5.41) is 6.47. The standard InChI is InChI=1S/C19H16ClFN4O/c20-16-5-1-13(2-6-16)9-22-18(26)15-11-24-19(25-12-15)23-10-14-3-7-17(21)8-4-14/h1-8,11-12H,9-10H2,(H,22,26)(H,23,24,25). The first-order valence-electron chi connectivity index (χ1n) is 7.93. The molecule has 0 spiro atoms. The summed E-state index contributed by atoms with van der Waals surface area (Å²) in [5.41, 5.74) is 2.22. The van der Waals surface area contributed by atoms with Gasteiger partial charge in [-0.05, 0) is 35.4 Å². The zero-order chi connectivity index (χ0) is 18.4. The number of amides is 1. The fourth-order valence-corrected chi connectivity index (χ4v) is 2.33. The predicted octanol–water partition coefficient (Wildman–Crippen LogP) is 3.81. The molecular weight excluding hydrogens is 355 g/mol. The van der Waals surface area contributed by atoms with Crippen molar-refractivity contribution in [3.63, 3.8) is 0 Å². The molecular formula is C19H16ClFN4O. The molecule has 1 heterocycles. The molecule has 3 aromatic rings. The Morgan fingerprint density at radius 1 is 0.923 bits per heavy atom. The van der Waals surface area contributed by atoms with Crippen LogP contribution < -0.4 is 10.6 Å². The largest absolute Gasteiger partial charge is 0.350 e. The fraction of sp³-hybridized carbons (Fsp3) is 0.105. The molecule has 0 saturated heterocycles. The van der Waals surface area contributed by atoms with Crippen molar-refractivity contribution in [2.45, 2.75) is 13.1 Å². The zero-order valence-corrected chi connectivity index (χ0v) is 14.5. The van der Waals surface area contributed by atoms with Gasteiger partial charge in [-0.3, -0.25) is 4.79 Å². The smallest absolute Gasteiger partial charge is 0.254 e. The van der Waals surface area contributed by atoms with E-state index in [2.05, 4.69) is 20.6 Å². The van der Waals surface area contributed by atoms with Gasteiger partial charge in [0.25, 0.3) is 5.91 Å². The Morgan fingerprint density at radius 3 is 2.15 bits per heavy atom. The lowest BCUT2D eigenvalue weighted by Crippen LogP contribution is -2.23. The Morgan fingerprint density at radius 2 is 1.50 bits per heavy atom. The van der Waals surface area contributed by atoms with Crippen molar-refractivity contribution in [1.82, 2.24) is 15.3 Å². The van der Waals surface area contributed by atoms with Gasteiger partial charge in [-0.25, -0.2) is 14.4 Å². The number of carbonyl (C=O) groups excluding carboxylic acids is 1. The minimum absolute atomic E-state index is 0.259. The van der Waals surface area contributed by atoms with Crippen LogP contribution in [0.2, 0.25) is 5.02 Å². The Bertz CT molecular complexity index is 868. The van der Waals surface area contributed by atoms with E-state index in [-0.39, 0.29) is 11.7 Å². The van der Waals surface area contributed by atoms with Crippen molar-refractivity contribution >= 4 is 23.5 Å². The third-order valence-electron chi connectivity index (χ3n) is 3.64. The normalized spacial score (nSPS) is 10.4. The molecule has 1 amide bonds. The SMILES string of the molecule is O=C(NCc1ccc(Cl)cc1)c1cnc(NCc2ccc(F)cc2)nc1. The first kappa shape index (κ1) is 17.8. The first-order chi connectivity index (χ1) is 12.6. The van der Waals surface area contributed by atoms with Crippen LogP contribution in [0.3, 0.4) is 0 Å². The van der Waals surface area contributed by atoms with Gasteiger partial charge in [-0.15, -0.1) is 0 Å². The van der Waals surface area contributed by atoms with Crippen LogP contribution in [0.1, 0.15) is 21.5 Å². The van der Waals surface area contributed by atoms with E-state index < -0.39 is 0 Å². The molecule has 26 heavy (non-hydrogen) atoms. The minimum atomic E-state index is -0.279. The van der Waals surface area contributed by atoms with E-state index in [9.17, 15) is 9.18 Å². The molecule has 5 nitrogen and oxygen atoms in total. The number of anilines is 1. The van der Waals surface area contributed by atoms with E-state index in [0.29, 0.717) is 29.6 Å². The lowest BCUT2D eigenvalue weighted by molar-refractivity contribution is 0.0950. The second-order valence-electron chi connectivity index (χ2n) is 5.58. The number of rotatable bonds is 6. The number of benzene rings is 2. The van der Waals surface area contributed by atoms with Gasteiger partial charge in [0.2, 0.25) is 5.95 Å². The van der Waals surface area contributed by atoms with Crippen LogP contribution in [0.5, 0.6) is 0 Å². The van der Waals surface area contributed by atoms with Gasteiger partial charge < -0.3 is 10.6 Å². The quantitative estimate of drug-likeness (QED) is 0.692. The Hall–Kier alpha value is -2.99. The van der Waals surface area contributed by atoms with Gasteiger partial charge in [-0.2, -0.15) is 0 Å². The third-order valence-corrected chi connectivity index (χ3v) is 3.90. The highest BCUT2D eigenvalue weighted by Crippen LogP contribution is 2.10. The zero-order valence-electron chi connectivity index (χ0n) is 13.7. The molecule has 2 aromatic carbocycles. The first-order valence-corrected chi connectivity index (χ1v) is 8.31. The average molecular weight is 371 g/mol. The molecule has 0 radical (unpaired) electrons. The van der Waals surface area contributed by atoms with Crippen molar-refractivity contribution in [2.24, 2.45) is 0 Å². The maximum absolute atomic E-state index is 12.9. The van der Waals surface area contributed by atoms with E-state index in [1.807, 2.05) is 12.1 Å². The summed E-state index contributed by atoms with van der Waals surface area (Å²) in [4.78, 5) is 20.4. The summed E-state index contributed by atoms with van der Waals surface area (Å²) in [6.45, 7) is 0.850. The van der Waals surface area contributed by atoms with E-state index >= 15 is 0 Å². The Kier molecular flexibility index (Phi) is 5.76. The second-order valence-corrected chi connectivity index (χ2v) is 6.02. The number of nitrogens with zero attached hydrogens (tertiary/aromatic N) is 2. The fourth-order valence-electron chi connectivity index (χ4n) is 2.21. The molecule has 0 fully saturated rings. The summed E-state index contributed by atoms with van der Waals surface area (Å²) in [5.74, 6) is -0.146. The Labute approximate surface area is 155 Å². The molecule has 2 N–H and O–H groups in total. The molecule has 0 aliphatic carbocycles. The lowest BCUT2D eigenvalue weighted by atomic mass is 10.2. The maximum atomic E-state index is 12.9. The number of carbonyl (C=O) groups is 1. The van der Waals surface area contributed by atoms with Crippen LogP contribution in [0.15, 0.2) is 60.9 Å². The third kappa shape index (κ3) is 5.00. The summed E-state index contributed by atoms with van der Waals surface area (Å²) in [7, 11) is 0. The maximum Gasteiger partial charge on any atom is 0.254 e. The molecule has 0 aliphatic rings. The number of nitrogens with one attached hydrogen (secondary N) is 2. The van der Waals surface area contributed by atoms with Crippen molar-refractivity contribution in [1.29, 1.82) is 0 Å². The van der Waals surface area contributed by atoms with Gasteiger partial charge in [0.15, 0.2) is 0 Å². The molecule has 0 atom stereocenters. The van der Waals surface area contributed by atoms with Gasteiger partial charge in [-0.1, -0.05) is 35.9 Å². The van der Waals surface area contributed by atoms with E-state index in [1.165, 1.54) is 24.5 Å². The molecule has 0 unspecified atom stereocenters. The van der Waals surface area contributed by atoms with Crippen molar-refractivity contribution in [3.8, 4) is 0 Å². The van der Waals surface area contributed by atoms with Gasteiger partial charge >= 0.3 is 0 Å². The predicted molar refractivity (Wildman–Crippen MR) is 98.4 cm³/mol. The molecule has 3 rings (SSSR count). The van der Waals surface area contributed by atoms with Crippen LogP contribution in [0.4, 0.5) is 10.3 Å². The highest BCUT2D eigenvalue weighted by molar-refractivity contribution is 6.30. The van der Waals surface area contributed by atoms with E-state index in [1.54, 1.807) is 24.3 Å². The summed E-state index contributed by atoms with van der Waals surface area (Å²) in [6.07, 6.45) is 2.91. The van der Waals surface area contributed by atoms with Crippen LogP contribution in [0, 0.1) is 5.82 Å². The molecule has 0 saturated carbocycles. The second kappa shape index (κ2) is 8.40. The number of halogens is 2. The summed E-state index contributed by atoms with van der Waals surface area (Å²) < 4.78 is 12.9. The minimum Gasteiger partial charge on any atom is -0.350 e. The van der Waals surface area contributed by atoms with Crippen molar-refractivity contribution in [2.75, 3.05) is 5.32 Å². The molecule has 132 valence electrons. The average Bonchev–Trinajstić information content (AvgIpc) is 2.67. The summed E-state index contributed by atoms with van der Waals surface area (Å²) in [6, 6.07) is 13.4. The van der Waals surface area contributed by atoms with Gasteiger partial charge in [0, 0.05) is 30.5 Å². The van der Waals surface area contributed by atoms with Crippen LogP contribution in [0.25, 0.3) is 0 Å². The van der Waals surface area contributed by atoms with Crippen LogP contribution in [-0.4, -0.2) is 15.9 Å². The number of aromatic nitrogens is 2. The van der Waals surface area contributed by atoms with Gasteiger partial charge in [0.05, 0.1) is 5.56 Å². The molecule has 0 aliphatic heterocycles. The molecule has 0 bridgehead atoms. The van der Waals surface area contributed by atoms with Crippen molar-refractivity contribution < 1.29 is 9.18 Å². The van der Waals surface area contributed by atoms with Crippen LogP contribution in [-0.2, 0) is 13.1 Å². The van der Waals surface area contributed by atoms with E-state index in [4.69, 9.17) is 11.6 Å². The van der Waals surface area contributed by atoms with Gasteiger partial charge in [0.1, 0.15) is 5.82 Å². The Balaban J connectivity index is 1.52. The number of hydrogen-bond donors (Lipinski definition) is 2. The highest BCUT2D eigenvalue weighted by Gasteiger charge is 2.07. The summed E-state index contributed by atoms with van der Waals surface area (Å²) >= 11 is 5.83. The topological polar surface area (TPSA) is 66.9 Å². The molecule has 7 heteroatoms. The monoisotopic (exact) mass is 370 g/mol. The molecule has 1 aromatic heterocycles. The van der Waals surface area contributed by atoms with Crippen molar-refractivity contribution in [3.05, 3.63) is 88.5 Å². The van der Waals surface area contributed by atoms with Crippen LogP contribution >= 0.6 is 11.6 Å². The van der Waals surface area contributed by atoms with E-state index in [0.717, 1.165) is 11.1 Å². The highest BCUT2D eigenvalue weighted by atomic mass is 35.5. The number of hydrogen-bond acceptors (Lipinski definition) is 4. The lowest BCUT2D eigenvalue weighted by Gasteiger charge is -2.07.